The predicted octanol–water partition coefficient (Wildman–Crippen LogP) is 3.30. The van der Waals surface area contributed by atoms with E-state index in [-0.39, 0.29) is 28.4 Å². The third kappa shape index (κ3) is 2.64. The summed E-state index contributed by atoms with van der Waals surface area (Å²) in [4.78, 5) is 26.4. The molecule has 1 aliphatic rings. The zero-order chi connectivity index (χ0) is 19.0. The molecule has 0 saturated carbocycles. The second-order valence-electron chi connectivity index (χ2n) is 5.47. The zero-order valence-electron chi connectivity index (χ0n) is 14.3. The van der Waals surface area contributed by atoms with Gasteiger partial charge in [-0.15, -0.1) is 0 Å². The number of rotatable bonds is 4. The number of carbonyl (C=O) groups is 2. The van der Waals surface area contributed by atoms with Crippen LogP contribution in [0.3, 0.4) is 0 Å². The lowest BCUT2D eigenvalue weighted by molar-refractivity contribution is 0.0628. The fraction of sp³-hybridized carbons (Fsp3) is 0.222. The van der Waals surface area contributed by atoms with Crippen LogP contribution in [0.25, 0.3) is 0 Å². The Hall–Kier alpha value is -2.80. The number of nitrogens with zero attached hydrogens (tertiary/aromatic N) is 1. The van der Waals surface area contributed by atoms with Gasteiger partial charge in [-0.25, -0.2) is 4.39 Å². The van der Waals surface area contributed by atoms with Crippen LogP contribution in [0.2, 0.25) is 5.02 Å². The molecule has 0 saturated heterocycles. The average molecular weight is 380 g/mol. The van der Waals surface area contributed by atoms with Crippen LogP contribution < -0.4 is 14.2 Å². The van der Waals surface area contributed by atoms with Crippen LogP contribution in [0.15, 0.2) is 24.3 Å². The van der Waals surface area contributed by atoms with Crippen LogP contribution in [0.4, 0.5) is 4.39 Å². The third-order valence-corrected chi connectivity index (χ3v) is 4.44. The molecule has 2 aromatic carbocycles. The fourth-order valence-corrected chi connectivity index (χ4v) is 3.09. The van der Waals surface area contributed by atoms with Crippen molar-refractivity contribution < 1.29 is 28.2 Å². The van der Waals surface area contributed by atoms with E-state index in [0.29, 0.717) is 17.1 Å². The van der Waals surface area contributed by atoms with E-state index in [1.165, 1.54) is 45.6 Å². The van der Waals surface area contributed by atoms with Crippen molar-refractivity contribution in [3.8, 4) is 17.2 Å². The van der Waals surface area contributed by atoms with Gasteiger partial charge in [0.25, 0.3) is 11.8 Å². The average Bonchev–Trinajstić information content (AvgIpc) is 2.98. The molecule has 2 amide bonds. The van der Waals surface area contributed by atoms with Gasteiger partial charge in [-0.2, -0.15) is 0 Å². The monoisotopic (exact) mass is 379 g/mol. The number of ether oxygens (including phenoxy) is 3. The number of methoxy groups -OCH3 is 3. The number of hydrogen-bond donors (Lipinski definition) is 0. The minimum absolute atomic E-state index is 0.0809. The Balaban J connectivity index is 2.07. The molecule has 0 bridgehead atoms. The molecule has 3 rings (SSSR count). The molecule has 1 aliphatic heterocycles. The topological polar surface area (TPSA) is 65.1 Å². The highest BCUT2D eigenvalue weighted by atomic mass is 35.5. The van der Waals surface area contributed by atoms with Crippen LogP contribution in [-0.4, -0.2) is 38.0 Å². The van der Waals surface area contributed by atoms with E-state index in [2.05, 4.69) is 0 Å². The van der Waals surface area contributed by atoms with Crippen LogP contribution in [0.5, 0.6) is 17.2 Å². The number of amides is 2. The Labute approximate surface area is 154 Å². The number of hydrogen-bond acceptors (Lipinski definition) is 5. The minimum atomic E-state index is -0.870. The second kappa shape index (κ2) is 6.84. The van der Waals surface area contributed by atoms with Crippen molar-refractivity contribution in [3.05, 3.63) is 51.8 Å². The molecule has 6 nitrogen and oxygen atoms in total. The summed E-state index contributed by atoms with van der Waals surface area (Å²) in [5.74, 6) is -1.35. The van der Waals surface area contributed by atoms with E-state index in [4.69, 9.17) is 25.8 Å². The highest BCUT2D eigenvalue weighted by Crippen LogP contribution is 2.45. The predicted molar refractivity (Wildman–Crippen MR) is 91.7 cm³/mol. The maximum Gasteiger partial charge on any atom is 0.264 e. The molecule has 0 radical (unpaired) electrons. The Kier molecular flexibility index (Phi) is 4.73. The van der Waals surface area contributed by atoms with Crippen molar-refractivity contribution in [1.82, 2.24) is 4.90 Å². The van der Waals surface area contributed by atoms with Crippen LogP contribution in [0.1, 0.15) is 26.3 Å². The lowest BCUT2D eigenvalue weighted by atomic mass is 10.1. The SMILES string of the molecule is COc1cc2c(c(OC)c1OC)CN(C(=O)c1cccc(Cl)c1F)C2=O. The molecule has 8 heteroatoms. The quantitative estimate of drug-likeness (QED) is 0.763. The molecule has 0 atom stereocenters. The smallest absolute Gasteiger partial charge is 0.264 e. The largest absolute Gasteiger partial charge is 0.493 e. The highest BCUT2D eigenvalue weighted by Gasteiger charge is 2.38. The van der Waals surface area contributed by atoms with Gasteiger partial charge in [0.05, 0.1) is 44.0 Å². The van der Waals surface area contributed by atoms with Crippen molar-refractivity contribution in [3.63, 3.8) is 0 Å². The summed E-state index contributed by atoms with van der Waals surface area (Å²) in [6, 6.07) is 5.52. The Bertz CT molecular complexity index is 915. The number of carbonyl (C=O) groups excluding carboxylic acids is 2. The molecule has 0 aliphatic carbocycles. The van der Waals surface area contributed by atoms with Gasteiger partial charge < -0.3 is 14.2 Å². The summed E-state index contributed by atoms with van der Waals surface area (Å²) in [6.07, 6.45) is 0. The van der Waals surface area contributed by atoms with E-state index >= 15 is 0 Å². The minimum Gasteiger partial charge on any atom is -0.493 e. The molecule has 0 unspecified atom stereocenters. The standard InChI is InChI=1S/C18H15ClFNO5/c1-24-13-7-10-11(15(25-2)16(13)26-3)8-21(18(10)23)17(22)9-5-4-6-12(19)14(9)20/h4-7H,8H2,1-3H3. The lowest BCUT2D eigenvalue weighted by Gasteiger charge is -2.15. The lowest BCUT2D eigenvalue weighted by Crippen LogP contribution is -2.31. The van der Waals surface area contributed by atoms with E-state index < -0.39 is 17.6 Å². The number of halogens is 2. The molecule has 136 valence electrons. The van der Waals surface area contributed by atoms with Crippen molar-refractivity contribution in [2.45, 2.75) is 6.54 Å². The van der Waals surface area contributed by atoms with Crippen molar-refractivity contribution >= 4 is 23.4 Å². The van der Waals surface area contributed by atoms with E-state index in [9.17, 15) is 14.0 Å². The summed E-state index contributed by atoms with van der Waals surface area (Å²) >= 11 is 5.73. The van der Waals surface area contributed by atoms with E-state index in [1.807, 2.05) is 0 Å². The van der Waals surface area contributed by atoms with Crippen LogP contribution in [-0.2, 0) is 6.54 Å². The molecule has 2 aromatic rings. The van der Waals surface area contributed by atoms with Gasteiger partial charge in [0, 0.05) is 5.56 Å². The normalized spacial score (nSPS) is 12.8. The van der Waals surface area contributed by atoms with Gasteiger partial charge in [-0.05, 0) is 18.2 Å². The third-order valence-electron chi connectivity index (χ3n) is 4.15. The molecule has 0 spiro atoms. The summed E-state index contributed by atoms with van der Waals surface area (Å²) in [7, 11) is 4.28. The van der Waals surface area contributed by atoms with Gasteiger partial charge in [-0.3, -0.25) is 14.5 Å². The van der Waals surface area contributed by atoms with Crippen molar-refractivity contribution in [2.24, 2.45) is 0 Å². The molecule has 1 heterocycles. The van der Waals surface area contributed by atoms with Gasteiger partial charge in [0.2, 0.25) is 5.75 Å². The first-order valence-electron chi connectivity index (χ1n) is 7.56. The molecule has 0 N–H and O–H groups in total. The molecule has 26 heavy (non-hydrogen) atoms. The summed E-state index contributed by atoms with van der Waals surface area (Å²) < 4.78 is 30.1. The Morgan fingerprint density at radius 1 is 1.15 bits per heavy atom. The first kappa shape index (κ1) is 18.0. The number of fused-ring (bicyclic) bond motifs is 1. The second-order valence-corrected chi connectivity index (χ2v) is 5.88. The molecular formula is C18H15ClFNO5. The van der Waals surface area contributed by atoms with Gasteiger partial charge in [0.1, 0.15) is 0 Å². The van der Waals surface area contributed by atoms with Crippen molar-refractivity contribution in [1.29, 1.82) is 0 Å². The van der Waals surface area contributed by atoms with Gasteiger partial charge in [0.15, 0.2) is 17.3 Å². The summed E-state index contributed by atoms with van der Waals surface area (Å²) in [6.45, 7) is -0.0809. The first-order chi connectivity index (χ1) is 12.4. The first-order valence-corrected chi connectivity index (χ1v) is 7.94. The fourth-order valence-electron chi connectivity index (χ4n) is 2.92. The number of benzene rings is 2. The molecule has 0 aromatic heterocycles. The summed E-state index contributed by atoms with van der Waals surface area (Å²) in [5.41, 5.74) is 0.415. The maximum atomic E-state index is 14.2. The summed E-state index contributed by atoms with van der Waals surface area (Å²) in [5, 5.41) is -0.194. The zero-order valence-corrected chi connectivity index (χ0v) is 15.0. The maximum absolute atomic E-state index is 14.2. The van der Waals surface area contributed by atoms with Gasteiger partial charge in [-0.1, -0.05) is 17.7 Å². The van der Waals surface area contributed by atoms with E-state index in [1.54, 1.807) is 0 Å². The van der Waals surface area contributed by atoms with Crippen molar-refractivity contribution in [2.75, 3.05) is 21.3 Å². The van der Waals surface area contributed by atoms with Gasteiger partial charge >= 0.3 is 0 Å². The number of imide groups is 1. The van der Waals surface area contributed by atoms with Crippen LogP contribution >= 0.6 is 11.6 Å². The Morgan fingerprint density at radius 3 is 2.46 bits per heavy atom. The van der Waals surface area contributed by atoms with E-state index in [0.717, 1.165) is 4.90 Å². The van der Waals surface area contributed by atoms with Crippen LogP contribution in [0, 0.1) is 5.82 Å². The molecular weight excluding hydrogens is 365 g/mol. The highest BCUT2D eigenvalue weighted by molar-refractivity contribution is 6.31. The molecule has 0 fully saturated rings. The Morgan fingerprint density at radius 2 is 1.85 bits per heavy atom.